The van der Waals surface area contributed by atoms with Gasteiger partial charge < -0.3 is 9.47 Å². The molecule has 0 N–H and O–H groups in total. The maximum Gasteiger partial charge on any atom is 0.170 e. The smallest absolute Gasteiger partial charge is 0.170 e. The molecule has 0 heterocycles. The molecule has 0 radical (unpaired) electrons. The van der Waals surface area contributed by atoms with Gasteiger partial charge in [0.25, 0.3) is 0 Å². The summed E-state index contributed by atoms with van der Waals surface area (Å²) in [4.78, 5) is 12.4. The molecule has 3 nitrogen and oxygen atoms in total. The summed E-state index contributed by atoms with van der Waals surface area (Å²) in [5.41, 5.74) is 1.79. The summed E-state index contributed by atoms with van der Waals surface area (Å²) < 4.78 is 10.5. The number of rotatable bonds is 7. The van der Waals surface area contributed by atoms with Crippen molar-refractivity contribution in [2.45, 2.75) is 19.3 Å². The second kappa shape index (κ2) is 7.48. The number of carbonyl (C=O) groups excluding carboxylic acids is 1. The lowest BCUT2D eigenvalue weighted by Gasteiger charge is -2.12. The van der Waals surface area contributed by atoms with Crippen LogP contribution in [0, 0.1) is 0 Å². The summed E-state index contributed by atoms with van der Waals surface area (Å²) >= 11 is 0. The van der Waals surface area contributed by atoms with E-state index in [0.717, 1.165) is 12.8 Å². The molecule has 0 spiro atoms. The fraction of sp³-hybridized carbons (Fsp3) is 0.278. The first-order valence-electron chi connectivity index (χ1n) is 7.04. The van der Waals surface area contributed by atoms with Crippen LogP contribution in [0.2, 0.25) is 0 Å². The number of methoxy groups -OCH3 is 2. The number of hydrogen-bond donors (Lipinski definition) is 0. The highest BCUT2D eigenvalue weighted by Crippen LogP contribution is 2.29. The van der Waals surface area contributed by atoms with Crippen LogP contribution in [-0.2, 0) is 6.42 Å². The minimum absolute atomic E-state index is 0.0558. The lowest BCUT2D eigenvalue weighted by molar-refractivity contribution is 0.0974. The molecule has 0 aliphatic carbocycles. The summed E-state index contributed by atoms with van der Waals surface area (Å²) in [6.07, 6.45) is 2.18. The highest BCUT2D eigenvalue weighted by molar-refractivity contribution is 6.01. The number of ketones is 1. The van der Waals surface area contributed by atoms with Gasteiger partial charge in [0, 0.05) is 6.42 Å². The molecule has 110 valence electrons. The number of aryl methyl sites for hydroxylation is 1. The van der Waals surface area contributed by atoms with Crippen molar-refractivity contribution in [3.05, 3.63) is 59.7 Å². The van der Waals surface area contributed by atoms with Gasteiger partial charge in [-0.2, -0.15) is 0 Å². The SMILES string of the molecule is COc1cccc(OC)c1C(=O)CCCc1ccccc1. The van der Waals surface area contributed by atoms with Gasteiger partial charge in [0.2, 0.25) is 0 Å². The Hall–Kier alpha value is -2.29. The molecule has 2 rings (SSSR count). The van der Waals surface area contributed by atoms with E-state index in [1.165, 1.54) is 5.56 Å². The van der Waals surface area contributed by atoms with Crippen molar-refractivity contribution in [2.24, 2.45) is 0 Å². The summed E-state index contributed by atoms with van der Waals surface area (Å²) in [5, 5.41) is 0. The van der Waals surface area contributed by atoms with Crippen molar-refractivity contribution in [3.63, 3.8) is 0 Å². The van der Waals surface area contributed by atoms with Gasteiger partial charge in [-0.25, -0.2) is 0 Å². The van der Waals surface area contributed by atoms with Crippen LogP contribution in [0.25, 0.3) is 0 Å². The molecule has 0 atom stereocenters. The Labute approximate surface area is 125 Å². The van der Waals surface area contributed by atoms with Crippen LogP contribution in [0.1, 0.15) is 28.8 Å². The Balaban J connectivity index is 2.03. The lowest BCUT2D eigenvalue weighted by atomic mass is 10.0. The number of hydrogen-bond acceptors (Lipinski definition) is 3. The van der Waals surface area contributed by atoms with E-state index in [-0.39, 0.29) is 5.78 Å². The Morgan fingerprint density at radius 1 is 0.905 bits per heavy atom. The molecule has 0 aliphatic rings. The third kappa shape index (κ3) is 3.85. The first-order valence-corrected chi connectivity index (χ1v) is 7.04. The third-order valence-electron chi connectivity index (χ3n) is 3.42. The van der Waals surface area contributed by atoms with Crippen molar-refractivity contribution in [1.29, 1.82) is 0 Å². The van der Waals surface area contributed by atoms with E-state index in [1.807, 2.05) is 24.3 Å². The van der Waals surface area contributed by atoms with Gasteiger partial charge in [-0.3, -0.25) is 4.79 Å². The molecule has 21 heavy (non-hydrogen) atoms. The Morgan fingerprint density at radius 2 is 1.52 bits per heavy atom. The molecule has 0 unspecified atom stereocenters. The van der Waals surface area contributed by atoms with Crippen molar-refractivity contribution < 1.29 is 14.3 Å². The van der Waals surface area contributed by atoms with Crippen molar-refractivity contribution in [1.82, 2.24) is 0 Å². The molecular weight excluding hydrogens is 264 g/mol. The molecule has 3 heteroatoms. The molecule has 0 fully saturated rings. The van der Waals surface area contributed by atoms with Crippen LogP contribution in [-0.4, -0.2) is 20.0 Å². The maximum absolute atomic E-state index is 12.4. The number of Topliss-reactive ketones (excluding diaryl/α,β-unsaturated/α-hetero) is 1. The lowest BCUT2D eigenvalue weighted by Crippen LogP contribution is -2.05. The number of carbonyl (C=O) groups is 1. The molecule has 2 aromatic rings. The van der Waals surface area contributed by atoms with Crippen LogP contribution in [0.5, 0.6) is 11.5 Å². The topological polar surface area (TPSA) is 35.5 Å². The third-order valence-corrected chi connectivity index (χ3v) is 3.42. The second-order valence-electron chi connectivity index (χ2n) is 4.80. The standard InChI is InChI=1S/C18H20O3/c1-20-16-12-7-13-17(21-2)18(16)15(19)11-6-10-14-8-4-3-5-9-14/h3-5,7-9,12-13H,6,10-11H2,1-2H3. The zero-order valence-corrected chi connectivity index (χ0v) is 12.5. The number of benzene rings is 2. The summed E-state index contributed by atoms with van der Waals surface area (Å²) in [6.45, 7) is 0. The van der Waals surface area contributed by atoms with Crippen LogP contribution < -0.4 is 9.47 Å². The molecule has 0 bridgehead atoms. The zero-order valence-electron chi connectivity index (χ0n) is 12.5. The first kappa shape index (κ1) is 15.1. The minimum Gasteiger partial charge on any atom is -0.496 e. The van der Waals surface area contributed by atoms with Crippen molar-refractivity contribution in [3.8, 4) is 11.5 Å². The second-order valence-corrected chi connectivity index (χ2v) is 4.80. The monoisotopic (exact) mass is 284 g/mol. The Kier molecular flexibility index (Phi) is 5.38. The van der Waals surface area contributed by atoms with E-state index in [0.29, 0.717) is 23.5 Å². The van der Waals surface area contributed by atoms with E-state index < -0.39 is 0 Å². The quantitative estimate of drug-likeness (QED) is 0.723. The van der Waals surface area contributed by atoms with Crippen molar-refractivity contribution >= 4 is 5.78 Å². The van der Waals surface area contributed by atoms with Gasteiger partial charge in [-0.05, 0) is 30.5 Å². The number of ether oxygens (including phenoxy) is 2. The van der Waals surface area contributed by atoms with Gasteiger partial charge in [-0.1, -0.05) is 36.4 Å². The Bertz CT molecular complexity index is 568. The molecular formula is C18H20O3. The van der Waals surface area contributed by atoms with E-state index >= 15 is 0 Å². The normalized spacial score (nSPS) is 10.2. The van der Waals surface area contributed by atoms with E-state index in [1.54, 1.807) is 26.4 Å². The van der Waals surface area contributed by atoms with Crippen molar-refractivity contribution in [2.75, 3.05) is 14.2 Å². The van der Waals surface area contributed by atoms with Crippen LogP contribution in [0.15, 0.2) is 48.5 Å². The molecule has 0 aromatic heterocycles. The summed E-state index contributed by atoms with van der Waals surface area (Å²) in [7, 11) is 3.13. The first-order chi connectivity index (χ1) is 10.3. The van der Waals surface area contributed by atoms with Gasteiger partial charge in [0.15, 0.2) is 5.78 Å². The fourth-order valence-electron chi connectivity index (χ4n) is 2.35. The molecule has 0 aliphatic heterocycles. The van der Waals surface area contributed by atoms with Crippen LogP contribution >= 0.6 is 0 Å². The maximum atomic E-state index is 12.4. The van der Waals surface area contributed by atoms with E-state index in [2.05, 4.69) is 12.1 Å². The molecule has 0 amide bonds. The fourth-order valence-corrected chi connectivity index (χ4v) is 2.35. The van der Waals surface area contributed by atoms with Gasteiger partial charge in [-0.15, -0.1) is 0 Å². The highest BCUT2D eigenvalue weighted by atomic mass is 16.5. The van der Waals surface area contributed by atoms with Gasteiger partial charge in [0.05, 0.1) is 14.2 Å². The zero-order chi connectivity index (χ0) is 15.1. The predicted octanol–water partition coefficient (Wildman–Crippen LogP) is 3.91. The van der Waals surface area contributed by atoms with E-state index in [9.17, 15) is 4.79 Å². The van der Waals surface area contributed by atoms with Crippen LogP contribution in [0.4, 0.5) is 0 Å². The summed E-state index contributed by atoms with van der Waals surface area (Å²) in [5.74, 6) is 1.19. The van der Waals surface area contributed by atoms with Gasteiger partial charge in [0.1, 0.15) is 17.1 Å². The van der Waals surface area contributed by atoms with Crippen LogP contribution in [0.3, 0.4) is 0 Å². The summed E-state index contributed by atoms with van der Waals surface area (Å²) in [6, 6.07) is 15.6. The van der Waals surface area contributed by atoms with E-state index in [4.69, 9.17) is 9.47 Å². The Morgan fingerprint density at radius 3 is 2.10 bits per heavy atom. The highest BCUT2D eigenvalue weighted by Gasteiger charge is 2.17. The van der Waals surface area contributed by atoms with Gasteiger partial charge >= 0.3 is 0 Å². The molecule has 0 saturated heterocycles. The molecule has 0 saturated carbocycles. The predicted molar refractivity (Wildman–Crippen MR) is 83.3 cm³/mol. The average molecular weight is 284 g/mol. The minimum atomic E-state index is 0.0558. The largest absolute Gasteiger partial charge is 0.496 e. The molecule has 2 aromatic carbocycles. The average Bonchev–Trinajstić information content (AvgIpc) is 2.54.